The van der Waals surface area contributed by atoms with Gasteiger partial charge in [0.15, 0.2) is 11.9 Å². The van der Waals surface area contributed by atoms with Gasteiger partial charge in [0.1, 0.15) is 11.6 Å². The summed E-state index contributed by atoms with van der Waals surface area (Å²) in [5.74, 6) is -2.10. The van der Waals surface area contributed by atoms with Crippen molar-refractivity contribution < 1.29 is 23.8 Å². The third-order valence-electron chi connectivity index (χ3n) is 3.09. The Kier molecular flexibility index (Phi) is 3.38. The molecular formula is C14H13FO4. The minimum absolute atomic E-state index is 0.0831. The van der Waals surface area contributed by atoms with E-state index < -0.39 is 23.7 Å². The van der Waals surface area contributed by atoms with Gasteiger partial charge in [0.25, 0.3) is 0 Å². The number of aliphatic carboxylic acids is 1. The average Bonchev–Trinajstić information content (AvgIpc) is 2.78. The summed E-state index contributed by atoms with van der Waals surface area (Å²) in [6.45, 7) is 5.34. The first-order valence-corrected chi connectivity index (χ1v) is 5.88. The molecule has 19 heavy (non-hydrogen) atoms. The second kappa shape index (κ2) is 4.84. The zero-order valence-corrected chi connectivity index (χ0v) is 10.4. The van der Waals surface area contributed by atoms with Gasteiger partial charge in [0, 0.05) is 12.5 Å². The van der Waals surface area contributed by atoms with Gasteiger partial charge in [-0.25, -0.2) is 9.18 Å². The molecule has 1 heterocycles. The van der Waals surface area contributed by atoms with Gasteiger partial charge in [-0.3, -0.25) is 4.79 Å². The molecular weight excluding hydrogens is 251 g/mol. The molecule has 2 rings (SSSR count). The lowest BCUT2D eigenvalue weighted by Crippen LogP contribution is -2.24. The lowest BCUT2D eigenvalue weighted by atomic mass is 9.99. The maximum Gasteiger partial charge on any atom is 0.345 e. The van der Waals surface area contributed by atoms with Crippen LogP contribution in [-0.4, -0.2) is 23.0 Å². The number of hydrogen-bond donors (Lipinski definition) is 1. The molecule has 0 amide bonds. The Morgan fingerprint density at radius 3 is 2.79 bits per heavy atom. The highest BCUT2D eigenvalue weighted by atomic mass is 19.1. The van der Waals surface area contributed by atoms with Crippen molar-refractivity contribution in [1.29, 1.82) is 0 Å². The van der Waals surface area contributed by atoms with Crippen LogP contribution in [0.5, 0.6) is 5.75 Å². The van der Waals surface area contributed by atoms with Gasteiger partial charge >= 0.3 is 5.97 Å². The number of ether oxygens (including phenoxy) is 1. The van der Waals surface area contributed by atoms with Crippen LogP contribution in [0, 0.1) is 5.82 Å². The van der Waals surface area contributed by atoms with Crippen LogP contribution in [0.2, 0.25) is 0 Å². The van der Waals surface area contributed by atoms with Gasteiger partial charge in [-0.05, 0) is 23.6 Å². The SMILES string of the molecule is C=C(CC)C(=O)c1cc2c(cc1F)OC(C(=O)O)C2. The standard InChI is InChI=1S/C14H13FO4/c1-3-7(2)13(16)9-4-8-5-12(14(17)18)19-11(8)6-10(9)15/h4,6,12H,2-3,5H2,1H3,(H,17,18). The number of hydrogen-bond acceptors (Lipinski definition) is 3. The van der Waals surface area contributed by atoms with Crippen LogP contribution in [0.25, 0.3) is 0 Å². The number of carbonyl (C=O) groups is 2. The highest BCUT2D eigenvalue weighted by Crippen LogP contribution is 2.32. The molecule has 1 aromatic rings. The van der Waals surface area contributed by atoms with E-state index in [1.807, 2.05) is 0 Å². The molecule has 0 saturated heterocycles. The highest BCUT2D eigenvalue weighted by Gasteiger charge is 2.31. The van der Waals surface area contributed by atoms with Crippen molar-refractivity contribution in [3.05, 3.63) is 41.2 Å². The summed E-state index contributed by atoms with van der Waals surface area (Å²) >= 11 is 0. The molecule has 0 bridgehead atoms. The van der Waals surface area contributed by atoms with E-state index in [1.165, 1.54) is 6.07 Å². The van der Waals surface area contributed by atoms with Crippen LogP contribution in [0.3, 0.4) is 0 Å². The molecule has 1 unspecified atom stereocenters. The monoisotopic (exact) mass is 264 g/mol. The van der Waals surface area contributed by atoms with Gasteiger partial charge in [0.05, 0.1) is 5.56 Å². The minimum Gasteiger partial charge on any atom is -0.478 e. The van der Waals surface area contributed by atoms with Crippen LogP contribution in [0.15, 0.2) is 24.3 Å². The van der Waals surface area contributed by atoms with Crippen LogP contribution in [0.1, 0.15) is 29.3 Å². The summed E-state index contributed by atoms with van der Waals surface area (Å²) in [5, 5.41) is 8.86. The Labute approximate surface area is 109 Å². The second-order valence-corrected chi connectivity index (χ2v) is 4.37. The maximum atomic E-state index is 13.8. The zero-order valence-electron chi connectivity index (χ0n) is 10.4. The number of fused-ring (bicyclic) bond motifs is 1. The highest BCUT2D eigenvalue weighted by molar-refractivity contribution is 6.08. The molecule has 1 aromatic carbocycles. The lowest BCUT2D eigenvalue weighted by molar-refractivity contribution is -0.144. The third-order valence-corrected chi connectivity index (χ3v) is 3.09. The van der Waals surface area contributed by atoms with Crippen molar-refractivity contribution in [2.24, 2.45) is 0 Å². The van der Waals surface area contributed by atoms with E-state index in [9.17, 15) is 14.0 Å². The number of ketones is 1. The van der Waals surface area contributed by atoms with Gasteiger partial charge < -0.3 is 9.84 Å². The van der Waals surface area contributed by atoms with E-state index in [-0.39, 0.29) is 17.7 Å². The van der Waals surface area contributed by atoms with E-state index in [0.29, 0.717) is 17.6 Å². The molecule has 1 atom stereocenters. The van der Waals surface area contributed by atoms with E-state index in [0.717, 1.165) is 6.07 Å². The molecule has 4 nitrogen and oxygen atoms in total. The predicted octanol–water partition coefficient (Wildman–Crippen LogP) is 2.36. The summed E-state index contributed by atoms with van der Waals surface area (Å²) in [5.41, 5.74) is 0.758. The maximum absolute atomic E-state index is 13.8. The van der Waals surface area contributed by atoms with Gasteiger partial charge in [-0.1, -0.05) is 13.5 Å². The molecule has 1 N–H and O–H groups in total. The van der Waals surface area contributed by atoms with Crippen molar-refractivity contribution in [2.45, 2.75) is 25.9 Å². The Balaban J connectivity index is 2.37. The predicted molar refractivity (Wildman–Crippen MR) is 65.9 cm³/mol. The summed E-state index contributed by atoms with van der Waals surface area (Å²) in [6.07, 6.45) is -0.456. The quantitative estimate of drug-likeness (QED) is 0.669. The first kappa shape index (κ1) is 13.3. The third kappa shape index (κ3) is 2.36. The fraction of sp³-hybridized carbons (Fsp3) is 0.286. The van der Waals surface area contributed by atoms with E-state index in [4.69, 9.17) is 9.84 Å². The molecule has 1 aliphatic rings. The molecule has 100 valence electrons. The Bertz CT molecular complexity index is 577. The first-order chi connectivity index (χ1) is 8.93. The summed E-state index contributed by atoms with van der Waals surface area (Å²) in [7, 11) is 0. The van der Waals surface area contributed by atoms with E-state index >= 15 is 0 Å². The lowest BCUT2D eigenvalue weighted by Gasteiger charge is -2.06. The molecule has 1 aliphatic heterocycles. The van der Waals surface area contributed by atoms with Gasteiger partial charge in [-0.15, -0.1) is 0 Å². The topological polar surface area (TPSA) is 63.6 Å². The average molecular weight is 264 g/mol. The number of carboxylic acid groups (broad SMARTS) is 1. The summed E-state index contributed by atoms with van der Waals surface area (Å²) in [6, 6.07) is 2.42. The Hall–Kier alpha value is -2.17. The fourth-order valence-corrected chi connectivity index (χ4v) is 1.93. The summed E-state index contributed by atoms with van der Waals surface area (Å²) < 4.78 is 18.9. The minimum atomic E-state index is -1.11. The van der Waals surface area contributed by atoms with Crippen LogP contribution in [0.4, 0.5) is 4.39 Å². The number of Topliss-reactive ketones (excluding diaryl/α,β-unsaturated/α-hetero) is 1. The van der Waals surface area contributed by atoms with Crippen molar-refractivity contribution in [3.8, 4) is 5.75 Å². The van der Waals surface area contributed by atoms with Crippen molar-refractivity contribution in [2.75, 3.05) is 0 Å². The number of carboxylic acids is 1. The van der Waals surface area contributed by atoms with Crippen molar-refractivity contribution in [3.63, 3.8) is 0 Å². The van der Waals surface area contributed by atoms with Crippen molar-refractivity contribution in [1.82, 2.24) is 0 Å². The summed E-state index contributed by atoms with van der Waals surface area (Å²) in [4.78, 5) is 22.7. The molecule has 0 spiro atoms. The number of benzene rings is 1. The molecule has 0 aromatic heterocycles. The largest absolute Gasteiger partial charge is 0.478 e. The smallest absolute Gasteiger partial charge is 0.345 e. The Morgan fingerprint density at radius 2 is 2.21 bits per heavy atom. The van der Waals surface area contributed by atoms with Gasteiger partial charge in [-0.2, -0.15) is 0 Å². The fourth-order valence-electron chi connectivity index (χ4n) is 1.93. The molecule has 0 aliphatic carbocycles. The number of rotatable bonds is 4. The van der Waals surface area contributed by atoms with E-state index in [1.54, 1.807) is 6.92 Å². The van der Waals surface area contributed by atoms with Crippen molar-refractivity contribution >= 4 is 11.8 Å². The normalized spacial score (nSPS) is 16.6. The molecule has 0 radical (unpaired) electrons. The van der Waals surface area contributed by atoms with Gasteiger partial charge in [0.2, 0.25) is 0 Å². The number of carbonyl (C=O) groups excluding carboxylic acids is 1. The van der Waals surface area contributed by atoms with Crippen LogP contribution in [-0.2, 0) is 11.2 Å². The molecule has 5 heteroatoms. The molecule has 0 saturated carbocycles. The number of halogens is 1. The second-order valence-electron chi connectivity index (χ2n) is 4.37. The molecule has 0 fully saturated rings. The van der Waals surface area contributed by atoms with Crippen LogP contribution < -0.4 is 4.74 Å². The Morgan fingerprint density at radius 1 is 1.53 bits per heavy atom. The first-order valence-electron chi connectivity index (χ1n) is 5.88. The zero-order chi connectivity index (χ0) is 14.2. The number of allylic oxidation sites excluding steroid dienone is 1. The van der Waals surface area contributed by atoms with Crippen LogP contribution >= 0.6 is 0 Å². The van der Waals surface area contributed by atoms with E-state index in [2.05, 4.69) is 6.58 Å².